The van der Waals surface area contributed by atoms with Crippen LogP contribution in [0, 0.1) is 5.92 Å². The lowest BCUT2D eigenvalue weighted by molar-refractivity contribution is 0.0948. The van der Waals surface area contributed by atoms with Gasteiger partial charge in [-0.25, -0.2) is 8.42 Å². The molecule has 0 bridgehead atoms. The maximum Gasteiger partial charge on any atom is 0.252 e. The third-order valence-corrected chi connectivity index (χ3v) is 4.64. The first-order valence-electron chi connectivity index (χ1n) is 6.48. The first-order chi connectivity index (χ1) is 8.88. The molecule has 0 atom stereocenters. The van der Waals surface area contributed by atoms with E-state index in [4.69, 9.17) is 0 Å². The number of carbonyl (C=O) groups is 1. The highest BCUT2D eigenvalue weighted by atomic mass is 32.2. The molecule has 1 amide bonds. The number of benzene rings is 1. The van der Waals surface area contributed by atoms with Crippen LogP contribution in [0.4, 0.5) is 0 Å². The molecule has 5 heteroatoms. The maximum absolute atomic E-state index is 12.0. The van der Waals surface area contributed by atoms with Crippen molar-refractivity contribution in [2.24, 2.45) is 5.92 Å². The molecule has 0 aliphatic rings. The van der Waals surface area contributed by atoms with Crippen LogP contribution in [0.5, 0.6) is 0 Å². The van der Waals surface area contributed by atoms with Crippen LogP contribution in [0.2, 0.25) is 0 Å². The van der Waals surface area contributed by atoms with Crippen LogP contribution in [-0.4, -0.2) is 26.6 Å². The molecule has 0 radical (unpaired) electrons. The highest BCUT2D eigenvalue weighted by molar-refractivity contribution is 7.91. The number of sulfone groups is 1. The van der Waals surface area contributed by atoms with E-state index in [2.05, 4.69) is 19.2 Å². The predicted octanol–water partition coefficient (Wildman–Crippen LogP) is 2.26. The fourth-order valence-corrected chi connectivity index (χ4v) is 2.74. The number of hydrogen-bond donors (Lipinski definition) is 1. The second-order valence-electron chi connectivity index (χ2n) is 4.84. The molecule has 1 aromatic rings. The van der Waals surface area contributed by atoms with Gasteiger partial charge >= 0.3 is 0 Å². The van der Waals surface area contributed by atoms with Gasteiger partial charge in [0, 0.05) is 6.54 Å². The van der Waals surface area contributed by atoms with E-state index < -0.39 is 9.84 Å². The Hall–Kier alpha value is -1.36. The minimum absolute atomic E-state index is 0.0106. The molecule has 0 aliphatic carbocycles. The van der Waals surface area contributed by atoms with Crippen LogP contribution >= 0.6 is 0 Å². The molecule has 0 fully saturated rings. The van der Waals surface area contributed by atoms with Gasteiger partial charge in [-0.3, -0.25) is 4.79 Å². The molecule has 4 nitrogen and oxygen atoms in total. The SMILES string of the molecule is CCS(=O)(=O)c1ccccc1C(=O)NCCC(C)C. The number of amides is 1. The van der Waals surface area contributed by atoms with Crippen molar-refractivity contribution in [2.75, 3.05) is 12.3 Å². The first kappa shape index (κ1) is 15.7. The van der Waals surface area contributed by atoms with Gasteiger partial charge in [-0.2, -0.15) is 0 Å². The molecule has 19 heavy (non-hydrogen) atoms. The summed E-state index contributed by atoms with van der Waals surface area (Å²) in [7, 11) is -3.38. The largest absolute Gasteiger partial charge is 0.352 e. The van der Waals surface area contributed by atoms with Gasteiger partial charge in [0.1, 0.15) is 0 Å². The van der Waals surface area contributed by atoms with Crippen molar-refractivity contribution in [2.45, 2.75) is 32.1 Å². The van der Waals surface area contributed by atoms with E-state index in [0.29, 0.717) is 12.5 Å². The Kier molecular flexibility index (Phi) is 5.54. The molecule has 106 valence electrons. The highest BCUT2D eigenvalue weighted by Gasteiger charge is 2.20. The van der Waals surface area contributed by atoms with E-state index >= 15 is 0 Å². The summed E-state index contributed by atoms with van der Waals surface area (Å²) >= 11 is 0. The Morgan fingerprint density at radius 3 is 2.47 bits per heavy atom. The maximum atomic E-state index is 12.0. The van der Waals surface area contributed by atoms with Gasteiger partial charge < -0.3 is 5.32 Å². The van der Waals surface area contributed by atoms with Crippen molar-refractivity contribution in [3.8, 4) is 0 Å². The summed E-state index contributed by atoms with van der Waals surface area (Å²) < 4.78 is 23.9. The van der Waals surface area contributed by atoms with Crippen molar-refractivity contribution >= 4 is 15.7 Å². The molecule has 0 aromatic heterocycles. The van der Waals surface area contributed by atoms with Crippen LogP contribution < -0.4 is 5.32 Å². The molecule has 1 aromatic carbocycles. The second kappa shape index (κ2) is 6.70. The average molecular weight is 283 g/mol. The number of hydrogen-bond acceptors (Lipinski definition) is 3. The summed E-state index contributed by atoms with van der Waals surface area (Å²) in [5.41, 5.74) is 0.230. The minimum Gasteiger partial charge on any atom is -0.352 e. The number of rotatable bonds is 6. The fraction of sp³-hybridized carbons (Fsp3) is 0.500. The number of nitrogens with one attached hydrogen (secondary N) is 1. The Morgan fingerprint density at radius 1 is 1.26 bits per heavy atom. The molecule has 1 rings (SSSR count). The third-order valence-electron chi connectivity index (χ3n) is 2.85. The van der Waals surface area contributed by atoms with E-state index in [9.17, 15) is 13.2 Å². The van der Waals surface area contributed by atoms with Crippen molar-refractivity contribution in [3.63, 3.8) is 0 Å². The first-order valence-corrected chi connectivity index (χ1v) is 8.13. The average Bonchev–Trinajstić information content (AvgIpc) is 2.38. The molecular formula is C14H21NO3S. The van der Waals surface area contributed by atoms with Gasteiger partial charge in [-0.15, -0.1) is 0 Å². The summed E-state index contributed by atoms with van der Waals surface area (Å²) in [5, 5.41) is 2.76. The fourth-order valence-electron chi connectivity index (χ4n) is 1.65. The van der Waals surface area contributed by atoms with Crippen molar-refractivity contribution in [1.82, 2.24) is 5.32 Å². The van der Waals surface area contributed by atoms with Gasteiger partial charge in [0.15, 0.2) is 9.84 Å². The topological polar surface area (TPSA) is 63.2 Å². The Balaban J connectivity index is 2.92. The Labute approximate surface area is 115 Å². The molecule has 0 saturated carbocycles. The zero-order valence-corrected chi connectivity index (χ0v) is 12.5. The summed E-state index contributed by atoms with van der Waals surface area (Å²) in [5.74, 6) is 0.159. The van der Waals surface area contributed by atoms with Crippen LogP contribution in [0.3, 0.4) is 0 Å². The van der Waals surface area contributed by atoms with Crippen LogP contribution in [0.25, 0.3) is 0 Å². The van der Waals surface area contributed by atoms with E-state index in [1.165, 1.54) is 6.07 Å². The summed E-state index contributed by atoms with van der Waals surface area (Å²) in [6, 6.07) is 6.34. The molecule has 0 spiro atoms. The van der Waals surface area contributed by atoms with E-state index in [0.717, 1.165) is 6.42 Å². The normalized spacial score (nSPS) is 11.6. The minimum atomic E-state index is -3.38. The lowest BCUT2D eigenvalue weighted by Gasteiger charge is -2.10. The van der Waals surface area contributed by atoms with Gasteiger partial charge in [-0.05, 0) is 24.5 Å². The van der Waals surface area contributed by atoms with Crippen LogP contribution in [0.1, 0.15) is 37.6 Å². The Morgan fingerprint density at radius 2 is 1.89 bits per heavy atom. The van der Waals surface area contributed by atoms with E-state index in [-0.39, 0.29) is 22.1 Å². The zero-order chi connectivity index (χ0) is 14.5. The van der Waals surface area contributed by atoms with Gasteiger partial charge in [0.05, 0.1) is 16.2 Å². The van der Waals surface area contributed by atoms with Crippen molar-refractivity contribution < 1.29 is 13.2 Å². The highest BCUT2D eigenvalue weighted by Crippen LogP contribution is 2.16. The standard InChI is InChI=1S/C14H21NO3S/c1-4-19(17,18)13-8-6-5-7-12(13)14(16)15-10-9-11(2)3/h5-8,11H,4,9-10H2,1-3H3,(H,15,16). The predicted molar refractivity (Wildman–Crippen MR) is 76.0 cm³/mol. The quantitative estimate of drug-likeness (QED) is 0.871. The zero-order valence-electron chi connectivity index (χ0n) is 11.6. The molecule has 0 heterocycles. The van der Waals surface area contributed by atoms with E-state index in [1.807, 2.05) is 0 Å². The lowest BCUT2D eigenvalue weighted by atomic mass is 10.1. The van der Waals surface area contributed by atoms with Gasteiger partial charge in [0.2, 0.25) is 0 Å². The van der Waals surface area contributed by atoms with Crippen molar-refractivity contribution in [1.29, 1.82) is 0 Å². The summed E-state index contributed by atoms with van der Waals surface area (Å²) in [6.07, 6.45) is 0.869. The Bertz CT molecular complexity index is 535. The molecule has 0 unspecified atom stereocenters. The smallest absolute Gasteiger partial charge is 0.252 e. The second-order valence-corrected chi connectivity index (χ2v) is 7.08. The summed E-state index contributed by atoms with van der Waals surface area (Å²) in [4.78, 5) is 12.1. The van der Waals surface area contributed by atoms with Gasteiger partial charge in [0.25, 0.3) is 5.91 Å². The van der Waals surface area contributed by atoms with E-state index in [1.54, 1.807) is 25.1 Å². The molecular weight excluding hydrogens is 262 g/mol. The van der Waals surface area contributed by atoms with Crippen LogP contribution in [0.15, 0.2) is 29.2 Å². The third kappa shape index (κ3) is 4.35. The number of carbonyl (C=O) groups excluding carboxylic acids is 1. The summed E-state index contributed by atoms with van der Waals surface area (Å²) in [6.45, 7) is 6.27. The lowest BCUT2D eigenvalue weighted by Crippen LogP contribution is -2.27. The monoisotopic (exact) mass is 283 g/mol. The van der Waals surface area contributed by atoms with Crippen LogP contribution in [-0.2, 0) is 9.84 Å². The molecule has 0 aliphatic heterocycles. The molecule has 0 saturated heterocycles. The van der Waals surface area contributed by atoms with Crippen molar-refractivity contribution in [3.05, 3.63) is 29.8 Å². The molecule has 1 N–H and O–H groups in total. The van der Waals surface area contributed by atoms with Gasteiger partial charge in [-0.1, -0.05) is 32.9 Å².